The van der Waals surface area contributed by atoms with Gasteiger partial charge in [0.2, 0.25) is 0 Å². The lowest BCUT2D eigenvalue weighted by molar-refractivity contribution is 0.299. The molecule has 0 atom stereocenters. The smallest absolute Gasteiger partial charge is 0.170 e. The van der Waals surface area contributed by atoms with Gasteiger partial charge >= 0.3 is 0 Å². The number of nitrogens with two attached hydrogens (primary N) is 1. The van der Waals surface area contributed by atoms with Crippen LogP contribution in [0.4, 0.5) is 4.39 Å². The van der Waals surface area contributed by atoms with Crippen LogP contribution in [0, 0.1) is 11.7 Å². The predicted molar refractivity (Wildman–Crippen MR) is 74.7 cm³/mol. The second kappa shape index (κ2) is 7.09. The third kappa shape index (κ3) is 4.87. The fraction of sp³-hybridized carbons (Fsp3) is 0.500. The van der Waals surface area contributed by atoms with Crippen LogP contribution in [0.25, 0.3) is 0 Å². The maximum atomic E-state index is 13.9. The van der Waals surface area contributed by atoms with Gasteiger partial charge in [0.15, 0.2) is 5.84 Å². The van der Waals surface area contributed by atoms with Crippen molar-refractivity contribution in [2.75, 3.05) is 13.6 Å². The Bertz CT molecular complexity index is 446. The normalized spacial score (nSPS) is 12.4. The number of amidine groups is 1. The molecule has 4 nitrogen and oxygen atoms in total. The van der Waals surface area contributed by atoms with E-state index in [0.29, 0.717) is 23.6 Å². The number of halogens is 1. The van der Waals surface area contributed by atoms with Crippen LogP contribution < -0.4 is 5.73 Å². The van der Waals surface area contributed by atoms with Crippen LogP contribution in [-0.2, 0) is 6.54 Å². The lowest BCUT2D eigenvalue weighted by Gasteiger charge is -2.18. The zero-order valence-corrected chi connectivity index (χ0v) is 11.7. The molecule has 0 aliphatic heterocycles. The monoisotopic (exact) mass is 267 g/mol. The van der Waals surface area contributed by atoms with E-state index in [1.165, 1.54) is 6.07 Å². The summed E-state index contributed by atoms with van der Waals surface area (Å²) in [5, 5.41) is 11.4. The zero-order chi connectivity index (χ0) is 14.4. The first-order chi connectivity index (χ1) is 8.93. The third-order valence-corrected chi connectivity index (χ3v) is 2.98. The Morgan fingerprint density at radius 1 is 1.47 bits per heavy atom. The number of benzene rings is 1. The van der Waals surface area contributed by atoms with Crippen molar-refractivity contribution in [3.63, 3.8) is 0 Å². The summed E-state index contributed by atoms with van der Waals surface area (Å²) < 4.78 is 13.9. The van der Waals surface area contributed by atoms with Crippen molar-refractivity contribution in [3.8, 4) is 0 Å². The van der Waals surface area contributed by atoms with Crippen molar-refractivity contribution < 1.29 is 9.60 Å². The summed E-state index contributed by atoms with van der Waals surface area (Å²) in [5.74, 6) is 0.217. The molecule has 0 spiro atoms. The minimum absolute atomic E-state index is 0.0846. The molecule has 0 aliphatic rings. The van der Waals surface area contributed by atoms with Crippen LogP contribution in [-0.4, -0.2) is 29.5 Å². The van der Waals surface area contributed by atoms with Crippen molar-refractivity contribution in [1.29, 1.82) is 0 Å². The summed E-state index contributed by atoms with van der Waals surface area (Å²) in [6, 6.07) is 4.62. The van der Waals surface area contributed by atoms with Gasteiger partial charge in [0.05, 0.1) is 0 Å². The maximum Gasteiger partial charge on any atom is 0.170 e. The molecule has 0 bridgehead atoms. The summed E-state index contributed by atoms with van der Waals surface area (Å²) in [6.07, 6.45) is 1.08. The standard InChI is InChI=1S/C14H22FN3O/c1-10(2)6-7-18(3)9-12-5-4-11(8-13(12)15)14(16)17-19/h4-5,8,10,19H,6-7,9H2,1-3H3,(H2,16,17). The molecule has 0 aliphatic carbocycles. The molecule has 1 aromatic rings. The zero-order valence-electron chi connectivity index (χ0n) is 11.7. The van der Waals surface area contributed by atoms with Crippen molar-refractivity contribution in [1.82, 2.24) is 4.90 Å². The lowest BCUT2D eigenvalue weighted by atomic mass is 10.1. The fourth-order valence-corrected chi connectivity index (χ4v) is 1.74. The highest BCUT2D eigenvalue weighted by molar-refractivity contribution is 5.97. The molecule has 5 heteroatoms. The van der Waals surface area contributed by atoms with Gasteiger partial charge in [0.1, 0.15) is 5.82 Å². The highest BCUT2D eigenvalue weighted by Crippen LogP contribution is 2.13. The summed E-state index contributed by atoms with van der Waals surface area (Å²) in [5.41, 5.74) is 6.41. The molecule has 0 saturated heterocycles. The molecule has 106 valence electrons. The van der Waals surface area contributed by atoms with Gasteiger partial charge in [-0.1, -0.05) is 31.1 Å². The van der Waals surface area contributed by atoms with Crippen LogP contribution in [0.3, 0.4) is 0 Å². The second-order valence-corrected chi connectivity index (χ2v) is 5.21. The minimum Gasteiger partial charge on any atom is -0.409 e. The molecule has 0 aromatic heterocycles. The van der Waals surface area contributed by atoms with Crippen molar-refractivity contribution in [2.45, 2.75) is 26.8 Å². The highest BCUT2D eigenvalue weighted by atomic mass is 19.1. The molecule has 1 aromatic carbocycles. The van der Waals surface area contributed by atoms with Crippen LogP contribution >= 0.6 is 0 Å². The summed E-state index contributed by atoms with van der Waals surface area (Å²) in [4.78, 5) is 2.08. The molecule has 0 amide bonds. The molecule has 19 heavy (non-hydrogen) atoms. The highest BCUT2D eigenvalue weighted by Gasteiger charge is 2.09. The Balaban J connectivity index is 2.69. The van der Waals surface area contributed by atoms with Gasteiger partial charge in [-0.25, -0.2) is 4.39 Å². The first-order valence-corrected chi connectivity index (χ1v) is 6.39. The molecule has 0 fully saturated rings. The predicted octanol–water partition coefficient (Wildman–Crippen LogP) is 2.40. The third-order valence-electron chi connectivity index (χ3n) is 2.98. The minimum atomic E-state index is -0.333. The Kier molecular flexibility index (Phi) is 5.76. The Morgan fingerprint density at radius 2 is 2.16 bits per heavy atom. The van der Waals surface area contributed by atoms with E-state index in [1.54, 1.807) is 12.1 Å². The molecular weight excluding hydrogens is 245 g/mol. The second-order valence-electron chi connectivity index (χ2n) is 5.21. The molecule has 0 saturated carbocycles. The van der Waals surface area contributed by atoms with Gasteiger partial charge in [0, 0.05) is 17.7 Å². The Morgan fingerprint density at radius 3 is 2.68 bits per heavy atom. The molecular formula is C14H22FN3O. The van der Waals surface area contributed by atoms with E-state index in [0.717, 1.165) is 13.0 Å². The topological polar surface area (TPSA) is 61.8 Å². The first kappa shape index (κ1) is 15.4. The molecule has 0 radical (unpaired) electrons. The number of hydrogen-bond acceptors (Lipinski definition) is 3. The van der Waals surface area contributed by atoms with Gasteiger partial charge in [0.25, 0.3) is 0 Å². The molecule has 1 rings (SSSR count). The van der Waals surface area contributed by atoms with Crippen LogP contribution in [0.1, 0.15) is 31.4 Å². The molecule has 0 heterocycles. The number of hydrogen-bond donors (Lipinski definition) is 2. The van der Waals surface area contributed by atoms with Crippen LogP contribution in [0.2, 0.25) is 0 Å². The van der Waals surface area contributed by atoms with E-state index in [2.05, 4.69) is 23.9 Å². The SMILES string of the molecule is CC(C)CCN(C)Cc1ccc(C(N)=NO)cc1F. The van der Waals surface area contributed by atoms with Gasteiger partial charge in [-0.3, -0.25) is 0 Å². The van der Waals surface area contributed by atoms with E-state index in [4.69, 9.17) is 10.9 Å². The van der Waals surface area contributed by atoms with Crippen LogP contribution in [0.15, 0.2) is 23.4 Å². The van der Waals surface area contributed by atoms with E-state index >= 15 is 0 Å². The number of nitrogens with zero attached hydrogens (tertiary/aromatic N) is 2. The van der Waals surface area contributed by atoms with E-state index in [9.17, 15) is 4.39 Å². The largest absolute Gasteiger partial charge is 0.409 e. The van der Waals surface area contributed by atoms with E-state index < -0.39 is 0 Å². The van der Waals surface area contributed by atoms with Gasteiger partial charge in [-0.05, 0) is 32.0 Å². The van der Waals surface area contributed by atoms with Gasteiger partial charge in [-0.15, -0.1) is 0 Å². The van der Waals surface area contributed by atoms with E-state index in [-0.39, 0.29) is 11.7 Å². The quantitative estimate of drug-likeness (QED) is 0.360. The number of rotatable bonds is 6. The van der Waals surface area contributed by atoms with Gasteiger partial charge in [-0.2, -0.15) is 0 Å². The Labute approximate surface area is 113 Å². The maximum absolute atomic E-state index is 13.9. The average molecular weight is 267 g/mol. The van der Waals surface area contributed by atoms with Crippen LogP contribution in [0.5, 0.6) is 0 Å². The van der Waals surface area contributed by atoms with E-state index in [1.807, 2.05) is 7.05 Å². The molecule has 3 N–H and O–H groups in total. The number of oxime groups is 1. The lowest BCUT2D eigenvalue weighted by Crippen LogP contribution is -2.21. The summed E-state index contributed by atoms with van der Waals surface area (Å²) >= 11 is 0. The van der Waals surface area contributed by atoms with Crippen molar-refractivity contribution >= 4 is 5.84 Å². The van der Waals surface area contributed by atoms with Crippen molar-refractivity contribution in [3.05, 3.63) is 35.1 Å². The molecule has 0 unspecified atom stereocenters. The fourth-order valence-electron chi connectivity index (χ4n) is 1.74. The Hall–Kier alpha value is -1.62. The summed E-state index contributed by atoms with van der Waals surface area (Å²) in [7, 11) is 1.97. The summed E-state index contributed by atoms with van der Waals surface area (Å²) in [6.45, 7) is 5.81. The van der Waals surface area contributed by atoms with Gasteiger partial charge < -0.3 is 15.8 Å². The average Bonchev–Trinajstić information content (AvgIpc) is 2.37. The van der Waals surface area contributed by atoms with Crippen molar-refractivity contribution in [2.24, 2.45) is 16.8 Å². The first-order valence-electron chi connectivity index (χ1n) is 6.39.